The van der Waals surface area contributed by atoms with Crippen LogP contribution in [0.5, 0.6) is 17.2 Å². The predicted molar refractivity (Wildman–Crippen MR) is 122 cm³/mol. The van der Waals surface area contributed by atoms with Crippen LogP contribution in [-0.4, -0.2) is 33.1 Å². The van der Waals surface area contributed by atoms with E-state index >= 15 is 0 Å². The van der Waals surface area contributed by atoms with Crippen molar-refractivity contribution in [2.75, 3.05) is 31.5 Å². The number of imide groups is 1. The van der Waals surface area contributed by atoms with E-state index in [1.54, 1.807) is 61.7 Å². The molecular formula is C25H22N2O5. The Labute approximate surface area is 185 Å². The lowest BCUT2D eigenvalue weighted by Crippen LogP contribution is -2.32. The van der Waals surface area contributed by atoms with Crippen molar-refractivity contribution in [1.82, 2.24) is 0 Å². The third-order valence-corrected chi connectivity index (χ3v) is 5.12. The Morgan fingerprint density at radius 3 is 2.12 bits per heavy atom. The number of rotatable bonds is 7. The van der Waals surface area contributed by atoms with Gasteiger partial charge in [-0.2, -0.15) is 0 Å². The lowest BCUT2D eigenvalue weighted by Gasteiger charge is -2.17. The molecule has 0 unspecified atom stereocenters. The molecule has 0 radical (unpaired) electrons. The molecule has 0 aliphatic carbocycles. The summed E-state index contributed by atoms with van der Waals surface area (Å²) in [6.07, 6.45) is 0. The summed E-state index contributed by atoms with van der Waals surface area (Å²) in [6.45, 7) is 0. The second-order valence-corrected chi connectivity index (χ2v) is 6.95. The van der Waals surface area contributed by atoms with Gasteiger partial charge in [0.1, 0.15) is 22.9 Å². The van der Waals surface area contributed by atoms with Crippen LogP contribution in [0.4, 0.5) is 11.4 Å². The molecule has 32 heavy (non-hydrogen) atoms. The van der Waals surface area contributed by atoms with Gasteiger partial charge in [-0.3, -0.25) is 9.59 Å². The molecule has 0 spiro atoms. The van der Waals surface area contributed by atoms with Crippen molar-refractivity contribution in [3.05, 3.63) is 84.1 Å². The van der Waals surface area contributed by atoms with Gasteiger partial charge in [0.25, 0.3) is 11.8 Å². The van der Waals surface area contributed by atoms with Crippen LogP contribution in [0.2, 0.25) is 0 Å². The average molecular weight is 430 g/mol. The summed E-state index contributed by atoms with van der Waals surface area (Å²) in [5.41, 5.74) is 1.96. The van der Waals surface area contributed by atoms with Gasteiger partial charge >= 0.3 is 0 Å². The molecule has 0 saturated heterocycles. The van der Waals surface area contributed by atoms with Crippen LogP contribution in [0.1, 0.15) is 5.56 Å². The summed E-state index contributed by atoms with van der Waals surface area (Å²) in [6, 6.07) is 21.1. The number of hydrogen-bond acceptors (Lipinski definition) is 6. The summed E-state index contributed by atoms with van der Waals surface area (Å²) in [4.78, 5) is 28.2. The molecule has 2 amide bonds. The molecule has 0 fully saturated rings. The standard InChI is InChI=1S/C25H22N2O5/c1-30-18-11-7-10-17(14-18)27-24(28)22(16-8-5-4-6-9-16)23(25(27)29)26-20-15-19(31-2)12-13-21(20)32-3/h4-15,26H,1-3H3. The molecule has 0 atom stereocenters. The molecule has 3 aromatic rings. The topological polar surface area (TPSA) is 77.1 Å². The van der Waals surface area contributed by atoms with Gasteiger partial charge < -0.3 is 19.5 Å². The highest BCUT2D eigenvalue weighted by atomic mass is 16.5. The SMILES string of the molecule is COc1cccc(N2C(=O)C(Nc3cc(OC)ccc3OC)=C(c3ccccc3)C2=O)c1. The summed E-state index contributed by atoms with van der Waals surface area (Å²) in [5, 5.41) is 3.12. The first-order valence-electron chi connectivity index (χ1n) is 9.89. The van der Waals surface area contributed by atoms with E-state index in [1.807, 2.05) is 18.2 Å². The molecule has 0 saturated carbocycles. The first-order chi connectivity index (χ1) is 15.6. The Morgan fingerprint density at radius 2 is 1.44 bits per heavy atom. The molecule has 1 aliphatic heterocycles. The van der Waals surface area contributed by atoms with E-state index in [4.69, 9.17) is 14.2 Å². The number of methoxy groups -OCH3 is 3. The number of carbonyl (C=O) groups excluding carboxylic acids is 2. The fraction of sp³-hybridized carbons (Fsp3) is 0.120. The van der Waals surface area contributed by atoms with Gasteiger partial charge in [-0.15, -0.1) is 0 Å². The minimum absolute atomic E-state index is 0.149. The molecule has 3 aromatic carbocycles. The second-order valence-electron chi connectivity index (χ2n) is 6.95. The van der Waals surface area contributed by atoms with Crippen molar-refractivity contribution in [3.63, 3.8) is 0 Å². The van der Waals surface area contributed by atoms with E-state index in [2.05, 4.69) is 5.32 Å². The molecular weight excluding hydrogens is 408 g/mol. The fourth-order valence-corrected chi connectivity index (χ4v) is 3.55. The normalized spacial score (nSPS) is 13.4. The number of nitrogens with one attached hydrogen (secondary N) is 1. The number of carbonyl (C=O) groups is 2. The zero-order chi connectivity index (χ0) is 22.7. The number of nitrogens with zero attached hydrogens (tertiary/aromatic N) is 1. The van der Waals surface area contributed by atoms with Gasteiger partial charge in [0.15, 0.2) is 0 Å². The highest BCUT2D eigenvalue weighted by molar-refractivity contribution is 6.46. The largest absolute Gasteiger partial charge is 0.497 e. The highest BCUT2D eigenvalue weighted by Crippen LogP contribution is 2.37. The maximum absolute atomic E-state index is 13.5. The Morgan fingerprint density at radius 1 is 0.719 bits per heavy atom. The number of anilines is 2. The first-order valence-corrected chi connectivity index (χ1v) is 9.89. The van der Waals surface area contributed by atoms with E-state index in [0.29, 0.717) is 34.2 Å². The number of benzene rings is 3. The van der Waals surface area contributed by atoms with Crippen LogP contribution < -0.4 is 24.4 Å². The Hall–Kier alpha value is -4.26. The zero-order valence-electron chi connectivity index (χ0n) is 17.9. The number of ether oxygens (including phenoxy) is 3. The maximum Gasteiger partial charge on any atom is 0.282 e. The molecule has 1 aliphatic rings. The van der Waals surface area contributed by atoms with E-state index in [0.717, 1.165) is 4.90 Å². The molecule has 4 rings (SSSR count). The smallest absolute Gasteiger partial charge is 0.282 e. The molecule has 162 valence electrons. The second kappa shape index (κ2) is 8.85. The molecule has 7 heteroatoms. The monoisotopic (exact) mass is 430 g/mol. The first kappa shape index (κ1) is 21.0. The molecule has 7 nitrogen and oxygen atoms in total. The molecule has 0 bridgehead atoms. The lowest BCUT2D eigenvalue weighted by molar-refractivity contribution is -0.120. The quantitative estimate of drug-likeness (QED) is 0.569. The third kappa shape index (κ3) is 3.76. The number of amides is 2. The Kier molecular flexibility index (Phi) is 5.81. The van der Waals surface area contributed by atoms with Gasteiger partial charge in [-0.25, -0.2) is 4.90 Å². The minimum atomic E-state index is -0.480. The minimum Gasteiger partial charge on any atom is -0.497 e. The van der Waals surface area contributed by atoms with Crippen molar-refractivity contribution in [2.24, 2.45) is 0 Å². The average Bonchev–Trinajstić information content (AvgIpc) is 3.08. The van der Waals surface area contributed by atoms with Gasteiger partial charge in [0.2, 0.25) is 0 Å². The molecule has 1 heterocycles. The van der Waals surface area contributed by atoms with Crippen molar-refractivity contribution >= 4 is 28.8 Å². The maximum atomic E-state index is 13.5. The van der Waals surface area contributed by atoms with Crippen LogP contribution in [0.15, 0.2) is 78.5 Å². The predicted octanol–water partition coefficient (Wildman–Crippen LogP) is 4.11. The van der Waals surface area contributed by atoms with Gasteiger partial charge in [-0.05, 0) is 29.8 Å². The molecule has 1 N–H and O–H groups in total. The number of hydrogen-bond donors (Lipinski definition) is 1. The van der Waals surface area contributed by atoms with Crippen LogP contribution in [0.3, 0.4) is 0 Å². The van der Waals surface area contributed by atoms with Crippen LogP contribution in [-0.2, 0) is 9.59 Å². The van der Waals surface area contributed by atoms with Gasteiger partial charge in [0, 0.05) is 12.1 Å². The summed E-state index contributed by atoms with van der Waals surface area (Å²) >= 11 is 0. The van der Waals surface area contributed by atoms with Crippen molar-refractivity contribution in [3.8, 4) is 17.2 Å². The summed E-state index contributed by atoms with van der Waals surface area (Å²) in [7, 11) is 4.61. The van der Waals surface area contributed by atoms with E-state index in [-0.39, 0.29) is 11.3 Å². The van der Waals surface area contributed by atoms with Gasteiger partial charge in [-0.1, -0.05) is 36.4 Å². The lowest BCUT2D eigenvalue weighted by atomic mass is 10.0. The third-order valence-electron chi connectivity index (χ3n) is 5.12. The Balaban J connectivity index is 1.84. The summed E-state index contributed by atoms with van der Waals surface area (Å²) < 4.78 is 16.0. The highest BCUT2D eigenvalue weighted by Gasteiger charge is 2.40. The van der Waals surface area contributed by atoms with Crippen LogP contribution >= 0.6 is 0 Å². The van der Waals surface area contributed by atoms with Crippen molar-refractivity contribution in [2.45, 2.75) is 0 Å². The Bertz CT molecular complexity index is 1200. The van der Waals surface area contributed by atoms with E-state index < -0.39 is 11.8 Å². The van der Waals surface area contributed by atoms with Crippen LogP contribution in [0, 0.1) is 0 Å². The van der Waals surface area contributed by atoms with Gasteiger partial charge in [0.05, 0.1) is 38.3 Å². The van der Waals surface area contributed by atoms with Crippen molar-refractivity contribution < 1.29 is 23.8 Å². The molecule has 0 aromatic heterocycles. The van der Waals surface area contributed by atoms with E-state index in [9.17, 15) is 9.59 Å². The van der Waals surface area contributed by atoms with Crippen molar-refractivity contribution in [1.29, 1.82) is 0 Å². The van der Waals surface area contributed by atoms with Crippen LogP contribution in [0.25, 0.3) is 5.57 Å². The zero-order valence-corrected chi connectivity index (χ0v) is 17.9. The summed E-state index contributed by atoms with van der Waals surface area (Å²) in [5.74, 6) is 0.716. The fourth-order valence-electron chi connectivity index (χ4n) is 3.55. The van der Waals surface area contributed by atoms with E-state index in [1.165, 1.54) is 14.2 Å².